The second-order valence-corrected chi connectivity index (χ2v) is 7.15. The first-order valence-corrected chi connectivity index (χ1v) is 9.35. The number of likely N-dealkylation sites (N-methyl/N-ethyl adjacent to an activating group) is 1. The van der Waals surface area contributed by atoms with Crippen molar-refractivity contribution < 1.29 is 9.13 Å². The van der Waals surface area contributed by atoms with Gasteiger partial charge in [0, 0.05) is 18.2 Å². The van der Waals surface area contributed by atoms with E-state index in [0.717, 1.165) is 18.4 Å². The molecule has 1 unspecified atom stereocenters. The first-order valence-electron chi connectivity index (χ1n) is 9.35. The van der Waals surface area contributed by atoms with Gasteiger partial charge < -0.3 is 10.2 Å². The van der Waals surface area contributed by atoms with Gasteiger partial charge in [0.1, 0.15) is 12.4 Å². The molecule has 1 fully saturated rings. The molecule has 1 aliphatic carbocycles. The summed E-state index contributed by atoms with van der Waals surface area (Å²) in [5, 5.41) is 15.0. The number of rotatable bonds is 5. The van der Waals surface area contributed by atoms with Crippen LogP contribution in [0.15, 0.2) is 35.3 Å². The maximum atomic E-state index is 13.7. The molecule has 1 aliphatic heterocycles. The molecule has 3 heterocycles. The van der Waals surface area contributed by atoms with Gasteiger partial charge >= 0.3 is 0 Å². The standard InChI is InChI=1S/C19H20FN7O/c1-26-17(21-11-22-26)10-28-19-15(12-4-2-5-12)9-16-23-24-18(27(16)25-19)13-6-3-7-14(20)8-13/h3,6-9,11-12,17H,2,4-5,10H2,1H3,(H,21,22). The molecular formula is C19H20FN7O. The van der Waals surface area contributed by atoms with Crippen molar-refractivity contribution in [3.8, 4) is 17.3 Å². The van der Waals surface area contributed by atoms with Crippen LogP contribution in [0.3, 0.4) is 0 Å². The quantitative estimate of drug-likeness (QED) is 0.731. The van der Waals surface area contributed by atoms with Crippen molar-refractivity contribution >= 4 is 12.0 Å². The highest BCUT2D eigenvalue weighted by molar-refractivity contribution is 5.60. The molecule has 8 nitrogen and oxygen atoms in total. The summed E-state index contributed by atoms with van der Waals surface area (Å²) in [6.45, 7) is 0.371. The molecule has 3 aromatic rings. The van der Waals surface area contributed by atoms with Crippen LogP contribution < -0.4 is 10.2 Å². The molecule has 0 radical (unpaired) electrons. The highest BCUT2D eigenvalue weighted by atomic mass is 19.1. The van der Waals surface area contributed by atoms with Crippen LogP contribution in [0.2, 0.25) is 0 Å². The summed E-state index contributed by atoms with van der Waals surface area (Å²) in [5.41, 5.74) is 5.31. The van der Waals surface area contributed by atoms with Crippen LogP contribution in [0.25, 0.3) is 17.0 Å². The van der Waals surface area contributed by atoms with Gasteiger partial charge in [0.2, 0.25) is 5.88 Å². The van der Waals surface area contributed by atoms with Gasteiger partial charge in [-0.15, -0.1) is 15.3 Å². The number of hydrazine groups is 1. The molecule has 0 bridgehead atoms. The van der Waals surface area contributed by atoms with Crippen LogP contribution in [0.5, 0.6) is 5.88 Å². The van der Waals surface area contributed by atoms with Crippen molar-refractivity contribution in [2.75, 3.05) is 13.7 Å². The van der Waals surface area contributed by atoms with Gasteiger partial charge in [-0.05, 0) is 37.0 Å². The van der Waals surface area contributed by atoms with Crippen molar-refractivity contribution in [2.24, 2.45) is 4.99 Å². The minimum Gasteiger partial charge on any atom is -0.473 e. The minimum absolute atomic E-state index is 0.115. The summed E-state index contributed by atoms with van der Waals surface area (Å²) >= 11 is 0. The largest absolute Gasteiger partial charge is 0.473 e. The molecule has 28 heavy (non-hydrogen) atoms. The molecule has 1 saturated carbocycles. The molecule has 1 aromatic carbocycles. The monoisotopic (exact) mass is 381 g/mol. The number of halogens is 1. The van der Waals surface area contributed by atoms with Gasteiger partial charge in [-0.1, -0.05) is 18.6 Å². The predicted molar refractivity (Wildman–Crippen MR) is 101 cm³/mol. The average molecular weight is 381 g/mol. The van der Waals surface area contributed by atoms with E-state index in [1.165, 1.54) is 18.6 Å². The molecule has 9 heteroatoms. The molecule has 0 amide bonds. The fourth-order valence-corrected chi connectivity index (χ4v) is 3.47. The third-order valence-electron chi connectivity index (χ3n) is 5.34. The zero-order valence-electron chi connectivity index (χ0n) is 15.4. The van der Waals surface area contributed by atoms with Crippen LogP contribution in [-0.4, -0.2) is 51.0 Å². The lowest BCUT2D eigenvalue weighted by atomic mass is 9.80. The number of aliphatic imine (C=N–C) groups is 1. The maximum absolute atomic E-state index is 13.7. The normalized spacial score (nSPS) is 19.7. The molecule has 0 saturated heterocycles. The van der Waals surface area contributed by atoms with Gasteiger partial charge in [-0.3, -0.25) is 4.99 Å². The molecule has 144 valence electrons. The zero-order chi connectivity index (χ0) is 19.1. The topological polar surface area (TPSA) is 79.9 Å². The SMILES string of the molecule is CN1NC=NC1COc1nn2c(-c3cccc(F)c3)nnc2cc1C1CCC1. The highest BCUT2D eigenvalue weighted by Gasteiger charge is 2.27. The van der Waals surface area contributed by atoms with E-state index < -0.39 is 0 Å². The molecule has 1 N–H and O–H groups in total. The number of hydrogen-bond donors (Lipinski definition) is 1. The van der Waals surface area contributed by atoms with Crippen LogP contribution in [0.1, 0.15) is 30.7 Å². The lowest BCUT2D eigenvalue weighted by Crippen LogP contribution is -2.38. The Balaban J connectivity index is 1.53. The Labute approximate surface area is 161 Å². The second-order valence-electron chi connectivity index (χ2n) is 7.15. The number of nitrogens with zero attached hydrogens (tertiary/aromatic N) is 6. The number of hydrogen-bond acceptors (Lipinski definition) is 7. The summed E-state index contributed by atoms with van der Waals surface area (Å²) in [7, 11) is 1.91. The second kappa shape index (κ2) is 6.83. The van der Waals surface area contributed by atoms with E-state index in [1.807, 2.05) is 18.1 Å². The fourth-order valence-electron chi connectivity index (χ4n) is 3.47. The number of aromatic nitrogens is 4. The number of benzene rings is 1. The van der Waals surface area contributed by atoms with Gasteiger partial charge in [-0.25, -0.2) is 4.39 Å². The molecule has 1 atom stereocenters. The van der Waals surface area contributed by atoms with Crippen LogP contribution in [-0.2, 0) is 0 Å². The molecular weight excluding hydrogens is 361 g/mol. The Morgan fingerprint density at radius 2 is 2.14 bits per heavy atom. The number of ether oxygens (including phenoxy) is 1. The summed E-state index contributed by atoms with van der Waals surface area (Å²) in [6, 6.07) is 8.24. The average Bonchev–Trinajstić information content (AvgIpc) is 3.24. The van der Waals surface area contributed by atoms with E-state index in [1.54, 1.807) is 23.0 Å². The van der Waals surface area contributed by atoms with Gasteiger partial charge in [0.05, 0.1) is 6.34 Å². The van der Waals surface area contributed by atoms with Crippen molar-refractivity contribution in [3.63, 3.8) is 0 Å². The Bertz CT molecular complexity index is 1050. The van der Waals surface area contributed by atoms with E-state index in [2.05, 4.69) is 25.7 Å². The Morgan fingerprint density at radius 3 is 2.86 bits per heavy atom. The minimum atomic E-state index is -0.327. The van der Waals surface area contributed by atoms with Crippen molar-refractivity contribution in [2.45, 2.75) is 31.3 Å². The predicted octanol–water partition coefficient (Wildman–Crippen LogP) is 2.38. The van der Waals surface area contributed by atoms with Crippen LogP contribution in [0, 0.1) is 5.82 Å². The molecule has 2 aromatic heterocycles. The summed E-state index contributed by atoms with van der Waals surface area (Å²) < 4.78 is 21.4. The first kappa shape index (κ1) is 17.1. The van der Waals surface area contributed by atoms with Crippen molar-refractivity contribution in [3.05, 3.63) is 41.7 Å². The third-order valence-corrected chi connectivity index (χ3v) is 5.34. The van der Waals surface area contributed by atoms with E-state index >= 15 is 0 Å². The number of fused-ring (bicyclic) bond motifs is 1. The summed E-state index contributed by atoms with van der Waals surface area (Å²) in [4.78, 5) is 4.33. The maximum Gasteiger partial charge on any atom is 0.235 e. The lowest BCUT2D eigenvalue weighted by Gasteiger charge is -2.27. The van der Waals surface area contributed by atoms with E-state index in [0.29, 0.717) is 35.4 Å². The van der Waals surface area contributed by atoms with E-state index in [9.17, 15) is 4.39 Å². The van der Waals surface area contributed by atoms with Gasteiger partial charge in [0.25, 0.3) is 0 Å². The molecule has 5 rings (SSSR count). The van der Waals surface area contributed by atoms with Crippen molar-refractivity contribution in [1.82, 2.24) is 30.2 Å². The summed E-state index contributed by atoms with van der Waals surface area (Å²) in [6.07, 6.45) is 4.97. The van der Waals surface area contributed by atoms with Gasteiger partial charge in [-0.2, -0.15) is 9.52 Å². The molecule has 2 aliphatic rings. The fraction of sp³-hybridized carbons (Fsp3) is 0.368. The highest BCUT2D eigenvalue weighted by Crippen LogP contribution is 2.40. The van der Waals surface area contributed by atoms with Crippen molar-refractivity contribution in [1.29, 1.82) is 0 Å². The first-order chi connectivity index (χ1) is 13.7. The Morgan fingerprint density at radius 1 is 1.25 bits per heavy atom. The zero-order valence-corrected chi connectivity index (χ0v) is 15.4. The number of nitrogens with one attached hydrogen (secondary N) is 1. The summed E-state index contributed by atoms with van der Waals surface area (Å²) in [5.74, 6) is 1.14. The van der Waals surface area contributed by atoms with Crippen LogP contribution in [0.4, 0.5) is 4.39 Å². The van der Waals surface area contributed by atoms with Gasteiger partial charge in [0.15, 0.2) is 17.6 Å². The molecule has 0 spiro atoms. The van der Waals surface area contributed by atoms with E-state index in [4.69, 9.17) is 4.74 Å². The third kappa shape index (κ3) is 2.97. The van der Waals surface area contributed by atoms with Crippen LogP contribution >= 0.6 is 0 Å². The smallest absolute Gasteiger partial charge is 0.235 e. The lowest BCUT2D eigenvalue weighted by molar-refractivity contribution is 0.156. The Kier molecular flexibility index (Phi) is 4.16. The van der Waals surface area contributed by atoms with E-state index in [-0.39, 0.29) is 12.0 Å². The Hall–Kier alpha value is -3.07.